The topological polar surface area (TPSA) is 43.6 Å². The number of aromatic nitrogens is 4. The van der Waals surface area contributed by atoms with Crippen LogP contribution < -0.4 is 16.4 Å². The number of fused-ring (bicyclic) bond motifs is 13. The van der Waals surface area contributed by atoms with Gasteiger partial charge in [-0.1, -0.05) is 133 Å². The first kappa shape index (κ1) is 30.2. The minimum atomic E-state index is -0.0640. The van der Waals surface area contributed by atoms with Crippen LogP contribution in [0.15, 0.2) is 176 Å². The predicted octanol–water partition coefficient (Wildman–Crippen LogP) is 8.88. The van der Waals surface area contributed by atoms with Crippen molar-refractivity contribution in [2.24, 2.45) is 0 Å². The third kappa shape index (κ3) is 3.68. The van der Waals surface area contributed by atoms with Crippen molar-refractivity contribution in [2.45, 2.75) is 17.8 Å². The van der Waals surface area contributed by atoms with Crippen LogP contribution in [0.4, 0.5) is 0 Å². The summed E-state index contributed by atoms with van der Waals surface area (Å²) in [5, 5.41) is 1.24. The molecule has 57 heavy (non-hydrogen) atoms. The smallest absolute Gasteiger partial charge is 0.247 e. The number of nitrogens with zero attached hydrogens (tertiary/aromatic N) is 4. The number of hydrogen-bond acceptors (Lipinski definition) is 3. The highest BCUT2D eigenvalue weighted by Gasteiger charge is 2.52. The first-order valence-corrected chi connectivity index (χ1v) is 20.0. The van der Waals surface area contributed by atoms with E-state index in [2.05, 4.69) is 150 Å². The van der Waals surface area contributed by atoms with Gasteiger partial charge in [0, 0.05) is 63.8 Å². The number of benzene rings is 6. The predicted molar refractivity (Wildman–Crippen MR) is 229 cm³/mol. The van der Waals surface area contributed by atoms with Crippen LogP contribution in [0.1, 0.15) is 68.1 Å². The number of allylic oxidation sites excluding steroid dienone is 1. The zero-order valence-electron chi connectivity index (χ0n) is 30.8. The van der Waals surface area contributed by atoms with Gasteiger partial charge < -0.3 is 4.57 Å². The lowest BCUT2D eigenvalue weighted by Gasteiger charge is -2.39. The van der Waals surface area contributed by atoms with Gasteiger partial charge in [0.1, 0.15) is 0 Å². The van der Waals surface area contributed by atoms with Crippen LogP contribution in [0, 0.1) is 0 Å². The first-order valence-electron chi connectivity index (χ1n) is 20.0. The summed E-state index contributed by atoms with van der Waals surface area (Å²) in [6.45, 7) is 0.0761. The van der Waals surface area contributed by atoms with Gasteiger partial charge in [-0.2, -0.15) is 0 Å². The quantitative estimate of drug-likeness (QED) is 0.171. The standard InChI is InChI=1S/C52H31BN4/c1-3-13-29(14-4-1)41-32-17-7-8-18-33(32)43-34-19-11-21-37-44(34)45(47(41)43)36-27-31(39-23-9-10-24-54-39)28-40-48(36)53(37)38-22-12-20-35-46-50-49(55-25-26-56-50)42(30-15-5-2-6-16-30)52(46)57(40)51(35)38/h1-28,41-42,45H. The Hall–Kier alpha value is -7.11. The maximum Gasteiger partial charge on any atom is 0.247 e. The third-order valence-electron chi connectivity index (χ3n) is 13.6. The van der Waals surface area contributed by atoms with Crippen molar-refractivity contribution in [1.82, 2.24) is 19.5 Å². The second-order valence-electron chi connectivity index (χ2n) is 16.1. The van der Waals surface area contributed by atoms with Gasteiger partial charge >= 0.3 is 0 Å². The molecule has 0 bridgehead atoms. The average Bonchev–Trinajstić information content (AvgIpc) is 4.00. The molecule has 0 saturated carbocycles. The molecular formula is C52H31BN4. The summed E-state index contributed by atoms with van der Waals surface area (Å²) in [6.07, 6.45) is 5.63. The number of pyridine rings is 1. The van der Waals surface area contributed by atoms with Crippen molar-refractivity contribution in [2.75, 3.05) is 0 Å². The average molecular weight is 723 g/mol. The highest BCUT2D eigenvalue weighted by molar-refractivity contribution is 6.99. The highest BCUT2D eigenvalue weighted by Crippen LogP contribution is 2.61. The number of rotatable bonds is 3. The lowest BCUT2D eigenvalue weighted by molar-refractivity contribution is 0.847. The van der Waals surface area contributed by atoms with Gasteiger partial charge in [0.15, 0.2) is 0 Å². The van der Waals surface area contributed by atoms with Crippen molar-refractivity contribution in [3.63, 3.8) is 0 Å². The zero-order chi connectivity index (χ0) is 36.9. The van der Waals surface area contributed by atoms with Crippen LogP contribution in [0.5, 0.6) is 0 Å². The van der Waals surface area contributed by atoms with Crippen LogP contribution >= 0.6 is 0 Å². The molecule has 262 valence electrons. The van der Waals surface area contributed by atoms with Gasteiger partial charge in [-0.05, 0) is 85.3 Å². The Morgan fingerprint density at radius 2 is 1.28 bits per heavy atom. The molecule has 6 aromatic carbocycles. The molecular weight excluding hydrogens is 691 g/mol. The van der Waals surface area contributed by atoms with Crippen LogP contribution in [0.3, 0.4) is 0 Å². The van der Waals surface area contributed by atoms with E-state index in [1.807, 2.05) is 24.7 Å². The molecule has 3 atom stereocenters. The van der Waals surface area contributed by atoms with Crippen molar-refractivity contribution >= 4 is 39.6 Å². The lowest BCUT2D eigenvalue weighted by Crippen LogP contribution is -2.61. The van der Waals surface area contributed by atoms with E-state index in [4.69, 9.17) is 15.0 Å². The fourth-order valence-corrected chi connectivity index (χ4v) is 11.7. The first-order chi connectivity index (χ1) is 28.3. The number of hydrogen-bond donors (Lipinski definition) is 0. The molecule has 4 nitrogen and oxygen atoms in total. The van der Waals surface area contributed by atoms with Gasteiger partial charge in [0.2, 0.25) is 6.71 Å². The van der Waals surface area contributed by atoms with E-state index in [0.29, 0.717) is 0 Å². The molecule has 0 N–H and O–H groups in total. The van der Waals surface area contributed by atoms with Gasteiger partial charge in [0.05, 0.1) is 23.0 Å². The molecule has 0 fully saturated rings. The van der Waals surface area contributed by atoms with E-state index in [9.17, 15) is 0 Å². The molecule has 0 saturated heterocycles. The van der Waals surface area contributed by atoms with Crippen LogP contribution in [0.25, 0.3) is 44.7 Å². The van der Waals surface area contributed by atoms with E-state index in [0.717, 1.165) is 22.6 Å². The van der Waals surface area contributed by atoms with Crippen molar-refractivity contribution in [3.8, 4) is 28.2 Å². The van der Waals surface area contributed by atoms with Crippen LogP contribution in [-0.4, -0.2) is 26.2 Å². The molecule has 2 aliphatic heterocycles. The highest BCUT2D eigenvalue weighted by atomic mass is 15.0. The fraction of sp³-hybridized carbons (Fsp3) is 0.0577. The Kier molecular flexibility index (Phi) is 5.71. The summed E-state index contributed by atoms with van der Waals surface area (Å²) in [7, 11) is 0. The Balaban J connectivity index is 1.14. The summed E-state index contributed by atoms with van der Waals surface area (Å²) in [5.74, 6) is 0.180. The molecule has 5 heterocycles. The number of para-hydroxylation sites is 1. The summed E-state index contributed by atoms with van der Waals surface area (Å²) in [5.41, 5.74) is 25.8. The second-order valence-corrected chi connectivity index (χ2v) is 16.1. The van der Waals surface area contributed by atoms with Crippen molar-refractivity contribution < 1.29 is 0 Å². The molecule has 5 aliphatic rings. The monoisotopic (exact) mass is 722 g/mol. The van der Waals surface area contributed by atoms with E-state index >= 15 is 0 Å². The fourth-order valence-electron chi connectivity index (χ4n) is 11.7. The summed E-state index contributed by atoms with van der Waals surface area (Å²) >= 11 is 0. The molecule has 5 heteroatoms. The Morgan fingerprint density at radius 1 is 0.544 bits per heavy atom. The van der Waals surface area contributed by atoms with E-state index in [-0.39, 0.29) is 24.5 Å². The largest absolute Gasteiger partial charge is 0.313 e. The summed E-state index contributed by atoms with van der Waals surface area (Å²) in [6, 6.07) is 56.6. The molecule has 9 aromatic rings. The lowest BCUT2D eigenvalue weighted by atomic mass is 9.31. The van der Waals surface area contributed by atoms with Gasteiger partial charge in [-0.25, -0.2) is 0 Å². The molecule has 3 unspecified atom stereocenters. The van der Waals surface area contributed by atoms with Crippen LogP contribution in [-0.2, 0) is 0 Å². The molecule has 0 radical (unpaired) electrons. The second kappa shape index (κ2) is 10.8. The van der Waals surface area contributed by atoms with E-state index < -0.39 is 0 Å². The maximum atomic E-state index is 5.08. The van der Waals surface area contributed by atoms with Gasteiger partial charge in [-0.15, -0.1) is 0 Å². The molecule has 3 aromatic heterocycles. The molecule has 14 rings (SSSR count). The van der Waals surface area contributed by atoms with Gasteiger partial charge in [-0.3, -0.25) is 15.0 Å². The Bertz CT molecular complexity index is 3260. The van der Waals surface area contributed by atoms with Crippen molar-refractivity contribution in [3.05, 3.63) is 226 Å². The minimum Gasteiger partial charge on any atom is -0.313 e. The third-order valence-corrected chi connectivity index (χ3v) is 13.6. The normalized spacial score (nSPS) is 18.2. The van der Waals surface area contributed by atoms with Crippen LogP contribution in [0.2, 0.25) is 0 Å². The van der Waals surface area contributed by atoms with Crippen molar-refractivity contribution in [1.29, 1.82) is 0 Å². The minimum absolute atomic E-state index is 0.0640. The van der Waals surface area contributed by atoms with E-state index in [1.54, 1.807) is 0 Å². The maximum absolute atomic E-state index is 5.08. The summed E-state index contributed by atoms with van der Waals surface area (Å²) < 4.78 is 2.62. The SMILES string of the molecule is c1ccc(C2C3=C(c4ccccc42)c2cccc4c2C3c2cc(-c3ccccn3)cc3c2B4c2cccc4c5c(n-3c24)C(c2ccccc2)c2nccnc2-5)cc1. The zero-order valence-corrected chi connectivity index (χ0v) is 30.8. The molecule has 3 aliphatic carbocycles. The summed E-state index contributed by atoms with van der Waals surface area (Å²) in [4.78, 5) is 15.1. The van der Waals surface area contributed by atoms with Gasteiger partial charge in [0.25, 0.3) is 0 Å². The Labute approximate surface area is 330 Å². The Morgan fingerprint density at radius 3 is 2.12 bits per heavy atom. The van der Waals surface area contributed by atoms with E-state index in [1.165, 1.54) is 94.3 Å². The molecule has 0 spiro atoms. The molecule has 0 amide bonds.